The van der Waals surface area contributed by atoms with Crippen LogP contribution in [-0.4, -0.2) is 71.1 Å². The van der Waals surface area contributed by atoms with Gasteiger partial charge in [-0.3, -0.25) is 9.59 Å². The van der Waals surface area contributed by atoms with E-state index in [4.69, 9.17) is 9.84 Å². The number of ether oxygens (including phenoxy) is 1. The summed E-state index contributed by atoms with van der Waals surface area (Å²) in [4.78, 5) is 39.2. The number of carboxylic acids is 1. The zero-order valence-electron chi connectivity index (χ0n) is 14.8. The van der Waals surface area contributed by atoms with E-state index in [-0.39, 0.29) is 24.5 Å². The molecule has 0 radical (unpaired) electrons. The number of aliphatic carboxylic acids is 1. The number of carbonyl (C=O) groups excluding carboxylic acids is 2. The predicted octanol–water partition coefficient (Wildman–Crippen LogP) is 1.48. The summed E-state index contributed by atoms with van der Waals surface area (Å²) in [5.74, 6) is -1.41. The topological polar surface area (TPSA) is 87.2 Å². The normalized spacial score (nSPS) is 20.2. The molecule has 1 saturated heterocycles. The second-order valence-corrected chi connectivity index (χ2v) is 6.04. The molecule has 1 aliphatic heterocycles. The fourth-order valence-electron chi connectivity index (χ4n) is 2.89. The van der Waals surface area contributed by atoms with E-state index in [9.17, 15) is 14.4 Å². The van der Waals surface area contributed by atoms with Crippen LogP contribution >= 0.6 is 0 Å². The van der Waals surface area contributed by atoms with Gasteiger partial charge in [0.15, 0.2) is 6.10 Å². The third kappa shape index (κ3) is 4.36. The van der Waals surface area contributed by atoms with Crippen molar-refractivity contribution in [2.24, 2.45) is 0 Å². The number of carbonyl (C=O) groups is 3. The molecular weight excluding hydrogens is 324 g/mol. The van der Waals surface area contributed by atoms with E-state index in [0.717, 1.165) is 0 Å². The quantitative estimate of drug-likeness (QED) is 0.871. The van der Waals surface area contributed by atoms with Crippen molar-refractivity contribution in [2.45, 2.75) is 33.0 Å². The molecule has 1 aromatic rings. The van der Waals surface area contributed by atoms with E-state index < -0.39 is 12.1 Å². The van der Waals surface area contributed by atoms with Crippen molar-refractivity contribution >= 4 is 17.8 Å². The Morgan fingerprint density at radius 1 is 1.12 bits per heavy atom. The van der Waals surface area contributed by atoms with Crippen molar-refractivity contribution in [1.82, 2.24) is 9.80 Å². The number of hydrogen-bond donors (Lipinski definition) is 1. The Morgan fingerprint density at radius 2 is 1.68 bits per heavy atom. The Hall–Kier alpha value is -2.41. The van der Waals surface area contributed by atoms with E-state index in [1.54, 1.807) is 36.1 Å². The van der Waals surface area contributed by atoms with Crippen molar-refractivity contribution in [2.75, 3.05) is 26.2 Å². The first-order valence-corrected chi connectivity index (χ1v) is 8.44. The number of hydrogen-bond acceptors (Lipinski definition) is 4. The fourth-order valence-corrected chi connectivity index (χ4v) is 2.89. The van der Waals surface area contributed by atoms with Gasteiger partial charge in [-0.25, -0.2) is 4.79 Å². The van der Waals surface area contributed by atoms with Gasteiger partial charge in [-0.2, -0.15) is 0 Å². The number of nitrogens with zero attached hydrogens (tertiary/aromatic N) is 2. The van der Waals surface area contributed by atoms with Crippen molar-refractivity contribution < 1.29 is 24.2 Å². The van der Waals surface area contributed by atoms with Gasteiger partial charge >= 0.3 is 5.97 Å². The van der Waals surface area contributed by atoms with Crippen molar-refractivity contribution in [3.63, 3.8) is 0 Å². The highest BCUT2D eigenvalue weighted by Gasteiger charge is 2.33. The summed E-state index contributed by atoms with van der Waals surface area (Å²) in [5, 5.41) is 9.12. The largest absolute Gasteiger partial charge is 0.479 e. The molecule has 0 saturated carbocycles. The lowest BCUT2D eigenvalue weighted by Gasteiger charge is -2.35. The van der Waals surface area contributed by atoms with Crippen LogP contribution in [0.1, 0.15) is 41.5 Å². The van der Waals surface area contributed by atoms with Crippen LogP contribution in [0.3, 0.4) is 0 Å². The van der Waals surface area contributed by atoms with Crippen LogP contribution in [0.4, 0.5) is 0 Å². The summed E-state index contributed by atoms with van der Waals surface area (Å²) >= 11 is 0. The lowest BCUT2D eigenvalue weighted by molar-refractivity contribution is -0.160. The zero-order chi connectivity index (χ0) is 18.6. The average molecular weight is 348 g/mol. The highest BCUT2D eigenvalue weighted by Crippen LogP contribution is 2.16. The van der Waals surface area contributed by atoms with Crippen LogP contribution in [0.15, 0.2) is 24.3 Å². The fraction of sp³-hybridized carbons (Fsp3) is 0.500. The second-order valence-electron chi connectivity index (χ2n) is 6.04. The van der Waals surface area contributed by atoms with E-state index in [2.05, 4.69) is 0 Å². The summed E-state index contributed by atoms with van der Waals surface area (Å²) in [6, 6.07) is 6.48. The molecule has 1 unspecified atom stereocenters. The second kappa shape index (κ2) is 8.11. The minimum Gasteiger partial charge on any atom is -0.479 e. The first-order valence-electron chi connectivity index (χ1n) is 8.44. The molecule has 1 aromatic carbocycles. The molecule has 136 valence electrons. The number of benzene rings is 1. The van der Waals surface area contributed by atoms with Gasteiger partial charge in [-0.05, 0) is 45.0 Å². The highest BCUT2D eigenvalue weighted by atomic mass is 16.5. The molecule has 0 spiro atoms. The molecule has 0 aromatic heterocycles. The number of rotatable bonds is 5. The molecule has 2 rings (SSSR count). The van der Waals surface area contributed by atoms with E-state index >= 15 is 0 Å². The van der Waals surface area contributed by atoms with Crippen LogP contribution in [0.25, 0.3) is 0 Å². The van der Waals surface area contributed by atoms with Gasteiger partial charge in [0.25, 0.3) is 11.8 Å². The third-order valence-corrected chi connectivity index (χ3v) is 4.25. The SMILES string of the molecule is CCN(CC)C(=O)c1ccc(C(=O)N2CC(C(=O)O)O[C@H](C)C2)cc1. The summed E-state index contributed by atoms with van der Waals surface area (Å²) < 4.78 is 5.32. The van der Waals surface area contributed by atoms with Gasteiger partial charge in [0.05, 0.1) is 12.6 Å². The lowest BCUT2D eigenvalue weighted by Crippen LogP contribution is -2.51. The smallest absolute Gasteiger partial charge is 0.334 e. The molecule has 7 nitrogen and oxygen atoms in total. The maximum atomic E-state index is 12.6. The van der Waals surface area contributed by atoms with E-state index in [1.165, 1.54) is 4.90 Å². The van der Waals surface area contributed by atoms with Crippen LogP contribution in [0.2, 0.25) is 0 Å². The van der Waals surface area contributed by atoms with Crippen LogP contribution in [0.5, 0.6) is 0 Å². The van der Waals surface area contributed by atoms with Gasteiger partial charge in [0, 0.05) is 30.8 Å². The average Bonchev–Trinajstić information content (AvgIpc) is 2.61. The van der Waals surface area contributed by atoms with Crippen LogP contribution < -0.4 is 0 Å². The summed E-state index contributed by atoms with van der Waals surface area (Å²) in [6.07, 6.45) is -1.36. The van der Waals surface area contributed by atoms with Gasteiger partial charge < -0.3 is 19.6 Å². The maximum Gasteiger partial charge on any atom is 0.334 e. The molecule has 2 amide bonds. The highest BCUT2D eigenvalue weighted by molar-refractivity contribution is 5.98. The van der Waals surface area contributed by atoms with Crippen LogP contribution in [0, 0.1) is 0 Å². The Labute approximate surface area is 147 Å². The molecule has 25 heavy (non-hydrogen) atoms. The number of amides is 2. The van der Waals surface area contributed by atoms with Gasteiger partial charge in [-0.15, -0.1) is 0 Å². The summed E-state index contributed by atoms with van der Waals surface area (Å²) in [6.45, 7) is 7.16. The third-order valence-electron chi connectivity index (χ3n) is 4.25. The van der Waals surface area contributed by atoms with Crippen molar-refractivity contribution in [3.8, 4) is 0 Å². The number of morpholine rings is 1. The molecule has 0 bridgehead atoms. The maximum absolute atomic E-state index is 12.6. The van der Waals surface area contributed by atoms with Crippen molar-refractivity contribution in [3.05, 3.63) is 35.4 Å². The molecule has 1 fully saturated rings. The molecule has 1 heterocycles. The Kier molecular flexibility index (Phi) is 6.14. The van der Waals surface area contributed by atoms with Crippen LogP contribution in [-0.2, 0) is 9.53 Å². The predicted molar refractivity (Wildman–Crippen MR) is 91.6 cm³/mol. The van der Waals surface area contributed by atoms with E-state index in [0.29, 0.717) is 30.8 Å². The first kappa shape index (κ1) is 18.9. The lowest BCUT2D eigenvalue weighted by atomic mass is 10.1. The van der Waals surface area contributed by atoms with Gasteiger partial charge in [-0.1, -0.05) is 0 Å². The molecule has 2 atom stereocenters. The minimum absolute atomic E-state index is 0.0125. The Bertz CT molecular complexity index is 639. The Morgan fingerprint density at radius 3 is 2.20 bits per heavy atom. The standard InChI is InChI=1S/C18H24N2O5/c1-4-19(5-2)16(21)13-6-8-14(9-7-13)17(22)20-10-12(3)25-15(11-20)18(23)24/h6-9,12,15H,4-5,10-11H2,1-3H3,(H,23,24)/t12-,15?/m1/s1. The van der Waals surface area contributed by atoms with E-state index in [1.807, 2.05) is 13.8 Å². The summed E-state index contributed by atoms with van der Waals surface area (Å²) in [7, 11) is 0. The zero-order valence-corrected chi connectivity index (χ0v) is 14.8. The summed E-state index contributed by atoms with van der Waals surface area (Å²) in [5.41, 5.74) is 0.952. The van der Waals surface area contributed by atoms with Gasteiger partial charge in [0.1, 0.15) is 0 Å². The molecule has 7 heteroatoms. The minimum atomic E-state index is -1.08. The molecule has 1 aliphatic rings. The van der Waals surface area contributed by atoms with Gasteiger partial charge in [0.2, 0.25) is 0 Å². The molecule has 0 aliphatic carbocycles. The molecular formula is C18H24N2O5. The molecule has 1 N–H and O–H groups in total. The first-order chi connectivity index (χ1) is 11.9. The monoisotopic (exact) mass is 348 g/mol. The Balaban J connectivity index is 2.12. The number of carboxylic acid groups (broad SMARTS) is 1. The van der Waals surface area contributed by atoms with Crippen molar-refractivity contribution in [1.29, 1.82) is 0 Å².